The SMILES string of the molecule is COCCCN(C)C(=O)c1cc(NN)c2ccccc2n1. The molecule has 6 heteroatoms. The van der Waals surface area contributed by atoms with E-state index in [-0.39, 0.29) is 5.91 Å². The number of para-hydroxylation sites is 1. The number of carbonyl (C=O) groups excluding carboxylic acids is 1. The van der Waals surface area contributed by atoms with E-state index in [0.717, 1.165) is 17.3 Å². The number of pyridine rings is 1. The van der Waals surface area contributed by atoms with Crippen molar-refractivity contribution in [3.63, 3.8) is 0 Å². The minimum atomic E-state index is -0.131. The molecule has 2 aromatic rings. The van der Waals surface area contributed by atoms with Crippen LogP contribution in [0.15, 0.2) is 30.3 Å². The lowest BCUT2D eigenvalue weighted by atomic mass is 10.1. The van der Waals surface area contributed by atoms with Gasteiger partial charge in [0.2, 0.25) is 0 Å². The molecule has 21 heavy (non-hydrogen) atoms. The number of nitrogens with zero attached hydrogens (tertiary/aromatic N) is 2. The normalized spacial score (nSPS) is 10.6. The van der Waals surface area contributed by atoms with Gasteiger partial charge in [0, 0.05) is 32.7 Å². The molecular weight excluding hydrogens is 268 g/mol. The smallest absolute Gasteiger partial charge is 0.272 e. The van der Waals surface area contributed by atoms with Crippen LogP contribution in [0.25, 0.3) is 10.9 Å². The molecule has 112 valence electrons. The Morgan fingerprint density at radius 1 is 1.43 bits per heavy atom. The number of benzene rings is 1. The Morgan fingerprint density at radius 3 is 2.90 bits per heavy atom. The fourth-order valence-corrected chi connectivity index (χ4v) is 2.15. The predicted octanol–water partition coefficient (Wildman–Crippen LogP) is 1.63. The van der Waals surface area contributed by atoms with E-state index in [1.54, 1.807) is 25.1 Å². The number of aromatic nitrogens is 1. The molecule has 0 bridgehead atoms. The van der Waals surface area contributed by atoms with Gasteiger partial charge in [-0.2, -0.15) is 0 Å². The molecule has 0 radical (unpaired) electrons. The Labute approximate surface area is 123 Å². The maximum absolute atomic E-state index is 12.4. The molecule has 6 nitrogen and oxygen atoms in total. The van der Waals surface area contributed by atoms with E-state index in [9.17, 15) is 4.79 Å². The number of hydrogen-bond acceptors (Lipinski definition) is 5. The monoisotopic (exact) mass is 288 g/mol. The van der Waals surface area contributed by atoms with Gasteiger partial charge in [-0.15, -0.1) is 0 Å². The molecule has 0 aliphatic heterocycles. The van der Waals surface area contributed by atoms with E-state index >= 15 is 0 Å². The minimum absolute atomic E-state index is 0.131. The van der Waals surface area contributed by atoms with Gasteiger partial charge in [0.15, 0.2) is 0 Å². The van der Waals surface area contributed by atoms with E-state index in [1.165, 1.54) is 0 Å². The zero-order valence-corrected chi connectivity index (χ0v) is 12.3. The van der Waals surface area contributed by atoms with Crippen LogP contribution in [0.5, 0.6) is 0 Å². The molecule has 0 aliphatic rings. The Balaban J connectivity index is 2.27. The van der Waals surface area contributed by atoms with Crippen LogP contribution in [0.4, 0.5) is 5.69 Å². The van der Waals surface area contributed by atoms with Crippen molar-refractivity contribution in [3.8, 4) is 0 Å². The van der Waals surface area contributed by atoms with Gasteiger partial charge in [-0.05, 0) is 18.6 Å². The number of fused-ring (bicyclic) bond motifs is 1. The maximum atomic E-state index is 12.4. The number of hydrogen-bond donors (Lipinski definition) is 2. The highest BCUT2D eigenvalue weighted by Crippen LogP contribution is 2.22. The van der Waals surface area contributed by atoms with Crippen LogP contribution < -0.4 is 11.3 Å². The summed E-state index contributed by atoms with van der Waals surface area (Å²) in [5.41, 5.74) is 4.43. The van der Waals surface area contributed by atoms with Crippen LogP contribution in [-0.4, -0.2) is 43.1 Å². The molecule has 0 saturated carbocycles. The molecule has 0 saturated heterocycles. The third-order valence-electron chi connectivity index (χ3n) is 3.28. The average molecular weight is 288 g/mol. The van der Waals surface area contributed by atoms with Gasteiger partial charge in [0.05, 0.1) is 11.2 Å². The summed E-state index contributed by atoms with van der Waals surface area (Å²) in [5, 5.41) is 0.888. The van der Waals surface area contributed by atoms with Gasteiger partial charge in [-0.3, -0.25) is 10.6 Å². The summed E-state index contributed by atoms with van der Waals surface area (Å²) in [6.45, 7) is 1.24. The van der Waals surface area contributed by atoms with Crippen molar-refractivity contribution in [1.29, 1.82) is 0 Å². The number of nitrogens with one attached hydrogen (secondary N) is 1. The molecule has 0 spiro atoms. The summed E-state index contributed by atoms with van der Waals surface area (Å²) in [4.78, 5) is 18.5. The lowest BCUT2D eigenvalue weighted by Gasteiger charge is -2.17. The molecule has 0 atom stereocenters. The van der Waals surface area contributed by atoms with Crippen molar-refractivity contribution in [2.45, 2.75) is 6.42 Å². The Morgan fingerprint density at radius 2 is 2.19 bits per heavy atom. The summed E-state index contributed by atoms with van der Waals surface area (Å²) in [6, 6.07) is 9.23. The zero-order chi connectivity index (χ0) is 15.2. The fourth-order valence-electron chi connectivity index (χ4n) is 2.15. The van der Waals surface area contributed by atoms with Gasteiger partial charge >= 0.3 is 0 Å². The molecule has 1 aromatic carbocycles. The first-order chi connectivity index (χ1) is 10.2. The van der Waals surface area contributed by atoms with Gasteiger partial charge in [0.25, 0.3) is 5.91 Å². The molecular formula is C15H20N4O2. The Hall–Kier alpha value is -2.18. The van der Waals surface area contributed by atoms with E-state index in [1.807, 2.05) is 24.3 Å². The van der Waals surface area contributed by atoms with Crippen LogP contribution in [-0.2, 0) is 4.74 Å². The Bertz CT molecular complexity index is 630. The van der Waals surface area contributed by atoms with E-state index in [0.29, 0.717) is 24.5 Å². The van der Waals surface area contributed by atoms with Gasteiger partial charge in [0.1, 0.15) is 5.69 Å². The van der Waals surface area contributed by atoms with Crippen molar-refractivity contribution >= 4 is 22.5 Å². The van der Waals surface area contributed by atoms with E-state index in [4.69, 9.17) is 10.6 Å². The number of rotatable bonds is 6. The molecule has 1 aromatic heterocycles. The van der Waals surface area contributed by atoms with Crippen LogP contribution in [0.1, 0.15) is 16.9 Å². The second kappa shape index (κ2) is 7.01. The summed E-state index contributed by atoms with van der Waals surface area (Å²) in [7, 11) is 3.40. The second-order valence-corrected chi connectivity index (χ2v) is 4.79. The fraction of sp³-hybridized carbons (Fsp3) is 0.333. The third kappa shape index (κ3) is 3.48. The molecule has 0 aliphatic carbocycles. The van der Waals surface area contributed by atoms with Crippen molar-refractivity contribution < 1.29 is 9.53 Å². The number of amides is 1. The van der Waals surface area contributed by atoms with Crippen molar-refractivity contribution in [1.82, 2.24) is 9.88 Å². The van der Waals surface area contributed by atoms with Crippen molar-refractivity contribution in [2.75, 3.05) is 32.7 Å². The lowest BCUT2D eigenvalue weighted by molar-refractivity contribution is 0.0774. The minimum Gasteiger partial charge on any atom is -0.385 e. The third-order valence-corrected chi connectivity index (χ3v) is 3.28. The molecule has 1 heterocycles. The average Bonchev–Trinajstić information content (AvgIpc) is 2.53. The highest BCUT2D eigenvalue weighted by molar-refractivity contribution is 5.99. The second-order valence-electron chi connectivity index (χ2n) is 4.79. The molecule has 0 unspecified atom stereocenters. The summed E-state index contributed by atoms with van der Waals surface area (Å²) in [6.07, 6.45) is 0.786. The van der Waals surface area contributed by atoms with Gasteiger partial charge < -0.3 is 15.1 Å². The van der Waals surface area contributed by atoms with Crippen LogP contribution in [0.3, 0.4) is 0 Å². The first-order valence-corrected chi connectivity index (χ1v) is 6.78. The van der Waals surface area contributed by atoms with E-state index < -0.39 is 0 Å². The summed E-state index contributed by atoms with van der Waals surface area (Å²) in [5.74, 6) is 5.41. The first kappa shape index (κ1) is 15.2. The molecule has 2 rings (SSSR count). The first-order valence-electron chi connectivity index (χ1n) is 6.78. The zero-order valence-electron chi connectivity index (χ0n) is 12.3. The van der Waals surface area contributed by atoms with Crippen LogP contribution >= 0.6 is 0 Å². The number of ether oxygens (including phenoxy) is 1. The topological polar surface area (TPSA) is 80.5 Å². The molecule has 3 N–H and O–H groups in total. The number of carbonyl (C=O) groups is 1. The lowest BCUT2D eigenvalue weighted by Crippen LogP contribution is -2.29. The van der Waals surface area contributed by atoms with Crippen LogP contribution in [0, 0.1) is 0 Å². The van der Waals surface area contributed by atoms with Crippen molar-refractivity contribution in [2.24, 2.45) is 5.84 Å². The summed E-state index contributed by atoms with van der Waals surface area (Å²) < 4.78 is 4.99. The molecule has 0 fully saturated rings. The summed E-state index contributed by atoms with van der Waals surface area (Å²) >= 11 is 0. The number of nitrogens with two attached hydrogens (primary N) is 1. The van der Waals surface area contributed by atoms with Gasteiger partial charge in [-0.25, -0.2) is 4.98 Å². The maximum Gasteiger partial charge on any atom is 0.272 e. The number of nitrogen functional groups attached to an aromatic ring is 1. The van der Waals surface area contributed by atoms with Gasteiger partial charge in [-0.1, -0.05) is 18.2 Å². The number of hydrazine groups is 1. The molecule has 1 amide bonds. The number of anilines is 1. The largest absolute Gasteiger partial charge is 0.385 e. The van der Waals surface area contributed by atoms with Crippen LogP contribution in [0.2, 0.25) is 0 Å². The predicted molar refractivity (Wildman–Crippen MR) is 83.0 cm³/mol. The highest BCUT2D eigenvalue weighted by atomic mass is 16.5. The Kier molecular flexibility index (Phi) is 5.08. The highest BCUT2D eigenvalue weighted by Gasteiger charge is 2.15. The van der Waals surface area contributed by atoms with E-state index in [2.05, 4.69) is 10.4 Å². The number of methoxy groups -OCH3 is 1. The van der Waals surface area contributed by atoms with Crippen molar-refractivity contribution in [3.05, 3.63) is 36.0 Å². The standard InChI is InChI=1S/C15H20N4O2/c1-19(8-5-9-21-2)15(20)14-10-13(18-16)11-6-3-4-7-12(11)17-14/h3-4,6-7,10H,5,8-9,16H2,1-2H3,(H,17,18). The quantitative estimate of drug-likeness (QED) is 0.480.